The largest absolute Gasteiger partial charge is 0.371 e. The van der Waals surface area contributed by atoms with E-state index in [0.29, 0.717) is 18.4 Å². The molecule has 3 saturated heterocycles. The Labute approximate surface area is 135 Å². The molecule has 0 saturated carbocycles. The third-order valence-corrected chi connectivity index (χ3v) is 4.77. The summed E-state index contributed by atoms with van der Waals surface area (Å²) < 4.78 is 0. The molecule has 3 unspecified atom stereocenters. The molecule has 3 fully saturated rings. The minimum atomic E-state index is -0.0750. The van der Waals surface area contributed by atoms with Crippen molar-refractivity contribution in [3.63, 3.8) is 0 Å². The van der Waals surface area contributed by atoms with E-state index in [9.17, 15) is 4.79 Å². The fourth-order valence-electron chi connectivity index (χ4n) is 3.43. The normalized spacial score (nSPS) is 31.8. The fraction of sp³-hybridized carbons (Fsp3) is 0.500. The smallest absolute Gasteiger partial charge is 0.234 e. The van der Waals surface area contributed by atoms with Crippen LogP contribution in [0.15, 0.2) is 35.3 Å². The molecule has 0 spiro atoms. The number of carbonyl (C=O) groups excluding carboxylic acids is 1. The number of guanidine groups is 1. The highest BCUT2D eigenvalue weighted by Gasteiger charge is 2.38. The van der Waals surface area contributed by atoms with Gasteiger partial charge in [-0.2, -0.15) is 0 Å². The molecule has 1 amide bonds. The quantitative estimate of drug-likeness (QED) is 0.613. The Kier molecular flexibility index (Phi) is 3.88. The average molecular weight is 314 g/mol. The number of fused-ring (bicyclic) bond motifs is 1. The molecule has 3 atom stereocenters. The summed E-state index contributed by atoms with van der Waals surface area (Å²) in [5, 5.41) is 6.10. The van der Waals surface area contributed by atoms with Crippen molar-refractivity contribution < 1.29 is 4.79 Å². The van der Waals surface area contributed by atoms with Gasteiger partial charge in [-0.3, -0.25) is 20.5 Å². The highest BCUT2D eigenvalue weighted by Crippen LogP contribution is 2.23. The molecule has 3 aliphatic rings. The number of anilines is 1. The van der Waals surface area contributed by atoms with Gasteiger partial charge in [-0.15, -0.1) is 0 Å². The second kappa shape index (κ2) is 6.17. The van der Waals surface area contributed by atoms with Crippen LogP contribution in [0.2, 0.25) is 0 Å². The van der Waals surface area contributed by atoms with E-state index in [1.807, 2.05) is 6.07 Å². The van der Waals surface area contributed by atoms with Crippen LogP contribution in [0.25, 0.3) is 0 Å². The van der Waals surface area contributed by atoms with Crippen molar-refractivity contribution in [2.45, 2.75) is 12.6 Å². The molecular formula is C16H22N6O. The number of benzene rings is 1. The fourth-order valence-corrected chi connectivity index (χ4v) is 3.43. The number of aliphatic imine (C=N–C) groups is 1. The summed E-state index contributed by atoms with van der Waals surface area (Å²) in [6.07, 6.45) is 1.07. The first kappa shape index (κ1) is 14.5. The van der Waals surface area contributed by atoms with Crippen molar-refractivity contribution in [1.29, 1.82) is 0 Å². The van der Waals surface area contributed by atoms with Crippen molar-refractivity contribution in [3.05, 3.63) is 30.3 Å². The van der Waals surface area contributed by atoms with Crippen LogP contribution < -0.4 is 26.4 Å². The van der Waals surface area contributed by atoms with Gasteiger partial charge >= 0.3 is 0 Å². The Balaban J connectivity index is 1.34. The van der Waals surface area contributed by atoms with Crippen molar-refractivity contribution >= 4 is 17.6 Å². The predicted molar refractivity (Wildman–Crippen MR) is 88.8 cm³/mol. The maximum Gasteiger partial charge on any atom is 0.234 e. The summed E-state index contributed by atoms with van der Waals surface area (Å²) >= 11 is 0. The molecule has 4 rings (SSSR count). The number of carbonyl (C=O) groups is 1. The van der Waals surface area contributed by atoms with Crippen molar-refractivity contribution in [3.8, 4) is 0 Å². The van der Waals surface area contributed by atoms with Gasteiger partial charge in [0.25, 0.3) is 0 Å². The Morgan fingerprint density at radius 2 is 2.13 bits per heavy atom. The van der Waals surface area contributed by atoms with Crippen LogP contribution in [-0.4, -0.2) is 44.2 Å². The molecule has 4 N–H and O–H groups in total. The summed E-state index contributed by atoms with van der Waals surface area (Å²) in [5.41, 5.74) is 7.34. The van der Waals surface area contributed by atoms with Crippen LogP contribution in [-0.2, 0) is 4.79 Å². The van der Waals surface area contributed by atoms with Gasteiger partial charge in [-0.25, -0.2) is 5.43 Å². The van der Waals surface area contributed by atoms with E-state index in [2.05, 4.69) is 55.6 Å². The van der Waals surface area contributed by atoms with Crippen LogP contribution in [0.5, 0.6) is 0 Å². The zero-order valence-corrected chi connectivity index (χ0v) is 13.0. The highest BCUT2D eigenvalue weighted by molar-refractivity contribution is 6.01. The van der Waals surface area contributed by atoms with Gasteiger partial charge in [0.05, 0.1) is 5.92 Å². The van der Waals surface area contributed by atoms with E-state index in [1.54, 1.807) is 0 Å². The molecule has 1 aromatic rings. The third kappa shape index (κ3) is 3.02. The molecule has 7 heteroatoms. The van der Waals surface area contributed by atoms with Gasteiger partial charge < -0.3 is 10.2 Å². The molecule has 1 aromatic carbocycles. The molecular weight excluding hydrogens is 292 g/mol. The van der Waals surface area contributed by atoms with Crippen molar-refractivity contribution in [1.82, 2.24) is 21.5 Å². The summed E-state index contributed by atoms with van der Waals surface area (Å²) in [6, 6.07) is 10.5. The van der Waals surface area contributed by atoms with Crippen LogP contribution in [0, 0.1) is 11.8 Å². The summed E-state index contributed by atoms with van der Waals surface area (Å²) in [5.74, 6) is 1.07. The number of amides is 1. The van der Waals surface area contributed by atoms with E-state index < -0.39 is 0 Å². The Morgan fingerprint density at radius 1 is 1.26 bits per heavy atom. The van der Waals surface area contributed by atoms with Crippen molar-refractivity contribution in [2.75, 3.05) is 31.1 Å². The summed E-state index contributed by atoms with van der Waals surface area (Å²) in [6.45, 7) is 3.46. The molecule has 7 nitrogen and oxygen atoms in total. The summed E-state index contributed by atoms with van der Waals surface area (Å²) in [4.78, 5) is 19.0. The van der Waals surface area contributed by atoms with Crippen LogP contribution in [0.3, 0.4) is 0 Å². The van der Waals surface area contributed by atoms with Crippen molar-refractivity contribution in [2.24, 2.45) is 16.8 Å². The Morgan fingerprint density at radius 3 is 3.00 bits per heavy atom. The van der Waals surface area contributed by atoms with Gasteiger partial charge in [0.2, 0.25) is 5.91 Å². The Hall–Kier alpha value is -2.12. The lowest BCUT2D eigenvalue weighted by molar-refractivity contribution is -0.124. The number of hydrogen-bond donors (Lipinski definition) is 4. The molecule has 122 valence electrons. The maximum absolute atomic E-state index is 12.0. The lowest BCUT2D eigenvalue weighted by Crippen LogP contribution is -2.61. The zero-order valence-electron chi connectivity index (χ0n) is 13.0. The van der Waals surface area contributed by atoms with Crippen LogP contribution >= 0.6 is 0 Å². The zero-order chi connectivity index (χ0) is 15.6. The minimum absolute atomic E-state index is 0.0299. The van der Waals surface area contributed by atoms with Gasteiger partial charge in [-0.05, 0) is 24.5 Å². The van der Waals surface area contributed by atoms with Crippen LogP contribution in [0.4, 0.5) is 5.69 Å². The second-order valence-electron chi connectivity index (χ2n) is 6.37. The maximum atomic E-state index is 12.0. The van der Waals surface area contributed by atoms with E-state index in [-0.39, 0.29) is 18.0 Å². The number of para-hydroxylation sites is 1. The van der Waals surface area contributed by atoms with Gasteiger partial charge in [-0.1, -0.05) is 18.2 Å². The standard InChI is InChI=1S/C16H22N6O/c23-15-13-9-18-21-14(13)19-16(20-15)17-8-11-6-7-22(10-11)12-4-2-1-3-5-12/h1-5,11,13-14,18,21H,6-10H2,(H2,17,19,20,23). The Bertz CT molecular complexity index is 604. The highest BCUT2D eigenvalue weighted by atomic mass is 16.2. The molecule has 3 aliphatic heterocycles. The summed E-state index contributed by atoms with van der Waals surface area (Å²) in [7, 11) is 0. The molecule has 0 bridgehead atoms. The number of nitrogens with zero attached hydrogens (tertiary/aromatic N) is 2. The minimum Gasteiger partial charge on any atom is -0.371 e. The second-order valence-corrected chi connectivity index (χ2v) is 6.37. The van der Waals surface area contributed by atoms with E-state index >= 15 is 0 Å². The average Bonchev–Trinajstić information content (AvgIpc) is 3.23. The third-order valence-electron chi connectivity index (χ3n) is 4.77. The van der Waals surface area contributed by atoms with E-state index in [4.69, 9.17) is 0 Å². The number of rotatable bonds is 3. The topological polar surface area (TPSA) is 80.8 Å². The number of nitrogens with one attached hydrogen (secondary N) is 4. The van der Waals surface area contributed by atoms with E-state index in [0.717, 1.165) is 26.1 Å². The number of hydrazine groups is 1. The van der Waals surface area contributed by atoms with Gasteiger partial charge in [0.15, 0.2) is 5.96 Å². The van der Waals surface area contributed by atoms with Gasteiger partial charge in [0, 0.05) is 31.9 Å². The molecule has 0 aliphatic carbocycles. The van der Waals surface area contributed by atoms with E-state index in [1.165, 1.54) is 5.69 Å². The molecule has 0 radical (unpaired) electrons. The van der Waals surface area contributed by atoms with Crippen LogP contribution in [0.1, 0.15) is 6.42 Å². The number of hydrogen-bond acceptors (Lipinski definition) is 5. The lowest BCUT2D eigenvalue weighted by atomic mass is 10.1. The van der Waals surface area contributed by atoms with Gasteiger partial charge in [0.1, 0.15) is 6.17 Å². The molecule has 3 heterocycles. The molecule has 23 heavy (non-hydrogen) atoms. The first-order valence-electron chi connectivity index (χ1n) is 8.20. The predicted octanol–water partition coefficient (Wildman–Crippen LogP) is -0.362. The first-order valence-corrected chi connectivity index (χ1v) is 8.20. The first-order chi connectivity index (χ1) is 11.3. The molecule has 0 aromatic heterocycles. The monoisotopic (exact) mass is 314 g/mol. The SMILES string of the molecule is O=C1NC(=NCC2CCN(c3ccccc3)C2)NC2NNCC12. The lowest BCUT2D eigenvalue weighted by Gasteiger charge is -2.27.